The van der Waals surface area contributed by atoms with E-state index in [1.165, 1.54) is 6.92 Å². The van der Waals surface area contributed by atoms with E-state index in [-0.39, 0.29) is 29.0 Å². The summed E-state index contributed by atoms with van der Waals surface area (Å²) in [6, 6.07) is 5.85. The van der Waals surface area contributed by atoms with Crippen molar-refractivity contribution in [2.24, 2.45) is 0 Å². The number of halogens is 4. The molecule has 1 amide bonds. The number of esters is 1. The summed E-state index contributed by atoms with van der Waals surface area (Å²) < 4.78 is 46.5. The second kappa shape index (κ2) is 9.34. The van der Waals surface area contributed by atoms with Crippen LogP contribution in [0.1, 0.15) is 52.1 Å². The van der Waals surface area contributed by atoms with E-state index in [0.717, 1.165) is 16.0 Å². The summed E-state index contributed by atoms with van der Waals surface area (Å²) in [6.07, 6.45) is -3.07. The molecule has 3 heterocycles. The van der Waals surface area contributed by atoms with E-state index >= 15 is 0 Å². The van der Waals surface area contributed by atoms with Gasteiger partial charge in [0.2, 0.25) is 11.9 Å². The van der Waals surface area contributed by atoms with Gasteiger partial charge in [-0.05, 0) is 43.2 Å². The lowest BCUT2D eigenvalue weighted by atomic mass is 10.0. The van der Waals surface area contributed by atoms with Crippen molar-refractivity contribution in [3.63, 3.8) is 0 Å². The van der Waals surface area contributed by atoms with Gasteiger partial charge in [-0.25, -0.2) is 9.48 Å². The molecule has 3 aromatic rings. The molecular formula is C22H19ClF3N5O3S. The molecule has 35 heavy (non-hydrogen) atoms. The molecule has 0 saturated heterocycles. The maximum atomic E-state index is 13.4. The Morgan fingerprint density at radius 2 is 1.97 bits per heavy atom. The summed E-state index contributed by atoms with van der Waals surface area (Å²) in [5.74, 6) is -2.42. The van der Waals surface area contributed by atoms with Gasteiger partial charge < -0.3 is 15.4 Å². The summed E-state index contributed by atoms with van der Waals surface area (Å²) in [5, 5.41) is 9.95. The highest BCUT2D eigenvalue weighted by atomic mass is 35.5. The largest absolute Gasteiger partial charge is 0.462 e. The van der Waals surface area contributed by atoms with Crippen LogP contribution in [-0.4, -0.2) is 33.2 Å². The maximum absolute atomic E-state index is 13.4. The van der Waals surface area contributed by atoms with E-state index in [1.54, 1.807) is 44.2 Å². The number of fused-ring (bicyclic) bond motifs is 1. The number of carbonyl (C=O) groups excluding carboxylic acids is 2. The van der Waals surface area contributed by atoms with Gasteiger partial charge in [-0.1, -0.05) is 23.7 Å². The molecule has 0 aliphatic carbocycles. The first-order chi connectivity index (χ1) is 16.5. The molecular weight excluding hydrogens is 507 g/mol. The molecule has 0 spiro atoms. The molecule has 0 unspecified atom stereocenters. The summed E-state index contributed by atoms with van der Waals surface area (Å²) in [4.78, 5) is 28.5. The van der Waals surface area contributed by atoms with E-state index in [1.807, 2.05) is 0 Å². The highest BCUT2D eigenvalue weighted by molar-refractivity contribution is 7.18. The standard InChI is InChI=1S/C22H19ClF3N5O3S/c1-4-34-19(33)16-10(2)17(35-18(16)27-11(3)32)14-9-15(12-5-7-13(23)8-6-12)31-21(28-14)29-20(30-31)22(24,25)26/h5-9,15H,4H2,1-3H3,(H,27,32)(H,28,29,30)/t15-/m1/s1. The second-order valence-corrected chi connectivity index (χ2v) is 9.02. The lowest BCUT2D eigenvalue weighted by Crippen LogP contribution is -2.20. The number of thiophene rings is 1. The number of aromatic nitrogens is 3. The monoisotopic (exact) mass is 525 g/mol. The van der Waals surface area contributed by atoms with E-state index < -0.39 is 24.0 Å². The molecule has 0 bridgehead atoms. The Balaban J connectivity index is 1.86. The number of alkyl halides is 3. The van der Waals surface area contributed by atoms with Crippen LogP contribution in [-0.2, 0) is 15.7 Å². The van der Waals surface area contributed by atoms with Crippen LogP contribution in [0.4, 0.5) is 24.1 Å². The second-order valence-electron chi connectivity index (χ2n) is 7.57. The van der Waals surface area contributed by atoms with Gasteiger partial charge in [-0.2, -0.15) is 18.2 Å². The summed E-state index contributed by atoms with van der Waals surface area (Å²) in [5.41, 5.74) is 1.70. The molecule has 184 valence electrons. The van der Waals surface area contributed by atoms with Crippen molar-refractivity contribution in [1.29, 1.82) is 0 Å². The minimum Gasteiger partial charge on any atom is -0.462 e. The smallest absolute Gasteiger partial charge is 0.453 e. The first-order valence-corrected chi connectivity index (χ1v) is 11.6. The zero-order chi connectivity index (χ0) is 25.5. The SMILES string of the molecule is CCOC(=O)c1c(NC(C)=O)sc(C2=C[C@H](c3ccc(Cl)cc3)n3nc(C(F)(F)F)nc3N2)c1C. The maximum Gasteiger partial charge on any atom is 0.453 e. The highest BCUT2D eigenvalue weighted by Gasteiger charge is 2.39. The fourth-order valence-corrected chi connectivity index (χ4v) is 4.96. The summed E-state index contributed by atoms with van der Waals surface area (Å²) in [6.45, 7) is 4.76. The van der Waals surface area contributed by atoms with Crippen LogP contribution in [0.5, 0.6) is 0 Å². The zero-order valence-electron chi connectivity index (χ0n) is 18.7. The van der Waals surface area contributed by atoms with Crippen LogP contribution in [0.2, 0.25) is 5.02 Å². The molecule has 13 heteroatoms. The van der Waals surface area contributed by atoms with Crippen LogP contribution in [0, 0.1) is 6.92 Å². The van der Waals surface area contributed by atoms with Gasteiger partial charge in [0, 0.05) is 11.9 Å². The first-order valence-electron chi connectivity index (χ1n) is 10.4. The quantitative estimate of drug-likeness (QED) is 0.426. The molecule has 8 nitrogen and oxygen atoms in total. The average molecular weight is 526 g/mol. The third-order valence-electron chi connectivity index (χ3n) is 5.09. The third-order valence-corrected chi connectivity index (χ3v) is 6.58. The number of nitrogens with one attached hydrogen (secondary N) is 2. The van der Waals surface area contributed by atoms with Gasteiger partial charge in [0.25, 0.3) is 5.82 Å². The number of carbonyl (C=O) groups is 2. The highest BCUT2D eigenvalue weighted by Crippen LogP contribution is 2.42. The topological polar surface area (TPSA) is 98.1 Å². The van der Waals surface area contributed by atoms with Crippen LogP contribution in [0.3, 0.4) is 0 Å². The molecule has 2 aromatic heterocycles. The lowest BCUT2D eigenvalue weighted by Gasteiger charge is -2.24. The van der Waals surface area contributed by atoms with Gasteiger partial charge >= 0.3 is 12.1 Å². The number of rotatable bonds is 5. The molecule has 0 fully saturated rings. The molecule has 0 saturated carbocycles. The zero-order valence-corrected chi connectivity index (χ0v) is 20.2. The van der Waals surface area contributed by atoms with Crippen molar-refractivity contribution < 1.29 is 27.5 Å². The number of hydrogen-bond donors (Lipinski definition) is 2. The Hall–Kier alpha value is -3.38. The van der Waals surface area contributed by atoms with Crippen molar-refractivity contribution in [3.05, 3.63) is 62.8 Å². The van der Waals surface area contributed by atoms with Crippen molar-refractivity contribution in [2.45, 2.75) is 33.0 Å². The molecule has 1 aliphatic rings. The Morgan fingerprint density at radius 3 is 2.57 bits per heavy atom. The fourth-order valence-electron chi connectivity index (χ4n) is 3.61. The Labute approximate surface area is 206 Å². The molecule has 2 N–H and O–H groups in total. The molecule has 1 aliphatic heterocycles. The van der Waals surface area contributed by atoms with Crippen LogP contribution in [0.25, 0.3) is 5.70 Å². The first kappa shape index (κ1) is 24.7. The number of hydrogen-bond acceptors (Lipinski definition) is 7. The van der Waals surface area contributed by atoms with Crippen molar-refractivity contribution in [2.75, 3.05) is 17.2 Å². The predicted octanol–water partition coefficient (Wildman–Crippen LogP) is 5.51. The van der Waals surface area contributed by atoms with E-state index in [2.05, 4.69) is 20.7 Å². The number of nitrogens with zero attached hydrogens (tertiary/aromatic N) is 3. The average Bonchev–Trinajstić information content (AvgIpc) is 3.34. The number of anilines is 2. The van der Waals surface area contributed by atoms with Crippen LogP contribution < -0.4 is 10.6 Å². The molecule has 4 rings (SSSR count). The molecule has 1 atom stereocenters. The van der Waals surface area contributed by atoms with Crippen molar-refractivity contribution >= 4 is 51.5 Å². The molecule has 1 aromatic carbocycles. The van der Waals surface area contributed by atoms with E-state index in [9.17, 15) is 22.8 Å². The lowest BCUT2D eigenvalue weighted by molar-refractivity contribution is -0.145. The molecule has 0 radical (unpaired) electrons. The number of ether oxygens (including phenoxy) is 1. The summed E-state index contributed by atoms with van der Waals surface area (Å²) in [7, 11) is 0. The van der Waals surface area contributed by atoms with Crippen molar-refractivity contribution in [3.8, 4) is 0 Å². The van der Waals surface area contributed by atoms with Gasteiger partial charge in [-0.15, -0.1) is 16.4 Å². The normalized spacial score (nSPS) is 15.2. The van der Waals surface area contributed by atoms with Crippen molar-refractivity contribution in [1.82, 2.24) is 14.8 Å². The van der Waals surface area contributed by atoms with Gasteiger partial charge in [0.05, 0.1) is 22.7 Å². The summed E-state index contributed by atoms with van der Waals surface area (Å²) >= 11 is 7.09. The van der Waals surface area contributed by atoms with E-state index in [4.69, 9.17) is 16.3 Å². The van der Waals surface area contributed by atoms with E-state index in [0.29, 0.717) is 26.7 Å². The minimum absolute atomic E-state index is 0.124. The minimum atomic E-state index is -4.74. The van der Waals surface area contributed by atoms with Gasteiger partial charge in [0.15, 0.2) is 0 Å². The Morgan fingerprint density at radius 1 is 1.29 bits per heavy atom. The van der Waals surface area contributed by atoms with Gasteiger partial charge in [0.1, 0.15) is 11.0 Å². The van der Waals surface area contributed by atoms with Crippen LogP contribution >= 0.6 is 22.9 Å². The fraction of sp³-hybridized carbons (Fsp3) is 0.273. The number of amides is 1. The van der Waals surface area contributed by atoms with Crippen LogP contribution in [0.15, 0.2) is 30.3 Å². The number of allylic oxidation sites excluding steroid dienone is 1. The number of benzene rings is 1. The Bertz CT molecular complexity index is 1330. The predicted molar refractivity (Wildman–Crippen MR) is 126 cm³/mol. The Kier molecular flexibility index (Phi) is 6.60. The third kappa shape index (κ3) is 4.89. The van der Waals surface area contributed by atoms with Gasteiger partial charge in [-0.3, -0.25) is 4.79 Å².